The van der Waals surface area contributed by atoms with Gasteiger partial charge in [0.1, 0.15) is 0 Å². The molecule has 0 saturated carbocycles. The maximum Gasteiger partial charge on any atom is 0.0676 e. The standard InChI is InChI=1S/C17H31N3/c1-4-6-7-8-9-10-11-12-16(18)15-13-14(3)19-20-17(15)5-2/h13,16H,4-12,18H2,1-3H3. The van der Waals surface area contributed by atoms with Crippen LogP contribution in [0, 0.1) is 6.92 Å². The maximum absolute atomic E-state index is 6.33. The number of unbranched alkanes of at least 4 members (excludes halogenated alkanes) is 6. The summed E-state index contributed by atoms with van der Waals surface area (Å²) in [6, 6.07) is 2.23. The van der Waals surface area contributed by atoms with E-state index >= 15 is 0 Å². The molecule has 3 heteroatoms. The second-order valence-electron chi connectivity index (χ2n) is 5.76. The van der Waals surface area contributed by atoms with Crippen LogP contribution in [0.1, 0.15) is 88.2 Å². The molecule has 114 valence electrons. The van der Waals surface area contributed by atoms with Crippen molar-refractivity contribution in [3.8, 4) is 0 Å². The first-order valence-electron chi connectivity index (χ1n) is 8.27. The minimum atomic E-state index is 0.120. The van der Waals surface area contributed by atoms with Crippen molar-refractivity contribution in [1.82, 2.24) is 10.2 Å². The highest BCUT2D eigenvalue weighted by Crippen LogP contribution is 2.21. The lowest BCUT2D eigenvalue weighted by atomic mass is 9.98. The number of rotatable bonds is 10. The predicted molar refractivity (Wildman–Crippen MR) is 85.7 cm³/mol. The first-order valence-corrected chi connectivity index (χ1v) is 8.27. The molecule has 1 rings (SSSR count). The Kier molecular flexibility index (Phi) is 8.43. The Labute approximate surface area is 124 Å². The zero-order valence-electron chi connectivity index (χ0n) is 13.5. The molecule has 1 aromatic heterocycles. The Morgan fingerprint density at radius 3 is 2.30 bits per heavy atom. The molecule has 0 aliphatic carbocycles. The number of aromatic nitrogens is 2. The summed E-state index contributed by atoms with van der Waals surface area (Å²) in [6.07, 6.45) is 11.3. The van der Waals surface area contributed by atoms with Crippen molar-refractivity contribution in [2.45, 2.75) is 84.6 Å². The molecule has 0 aromatic carbocycles. The van der Waals surface area contributed by atoms with Crippen molar-refractivity contribution in [2.24, 2.45) is 5.73 Å². The fourth-order valence-electron chi connectivity index (χ4n) is 2.61. The molecule has 1 heterocycles. The SMILES string of the molecule is CCCCCCCCCC(N)c1cc(C)nnc1CC. The smallest absolute Gasteiger partial charge is 0.0676 e. The normalized spacial score (nSPS) is 12.6. The van der Waals surface area contributed by atoms with Gasteiger partial charge in [-0.2, -0.15) is 10.2 Å². The molecule has 1 atom stereocenters. The van der Waals surface area contributed by atoms with Crippen molar-refractivity contribution in [3.63, 3.8) is 0 Å². The van der Waals surface area contributed by atoms with E-state index in [1.165, 1.54) is 50.5 Å². The Balaban J connectivity index is 2.32. The molecule has 0 radical (unpaired) electrons. The van der Waals surface area contributed by atoms with Crippen molar-refractivity contribution >= 4 is 0 Å². The largest absolute Gasteiger partial charge is 0.324 e. The molecule has 0 fully saturated rings. The van der Waals surface area contributed by atoms with Crippen LogP contribution >= 0.6 is 0 Å². The summed E-state index contributed by atoms with van der Waals surface area (Å²) in [4.78, 5) is 0. The van der Waals surface area contributed by atoms with Gasteiger partial charge < -0.3 is 5.73 Å². The van der Waals surface area contributed by atoms with E-state index in [1.54, 1.807) is 0 Å². The van der Waals surface area contributed by atoms with Gasteiger partial charge in [-0.05, 0) is 31.4 Å². The van der Waals surface area contributed by atoms with Gasteiger partial charge in [-0.1, -0.05) is 58.8 Å². The van der Waals surface area contributed by atoms with Crippen LogP contribution in [-0.4, -0.2) is 10.2 Å². The van der Waals surface area contributed by atoms with Gasteiger partial charge in [0, 0.05) is 6.04 Å². The second kappa shape index (κ2) is 9.87. The van der Waals surface area contributed by atoms with Gasteiger partial charge in [0.15, 0.2) is 0 Å². The van der Waals surface area contributed by atoms with Crippen LogP contribution < -0.4 is 5.73 Å². The van der Waals surface area contributed by atoms with Gasteiger partial charge in [-0.25, -0.2) is 0 Å². The molecule has 0 aliphatic rings. The molecule has 0 aliphatic heterocycles. The molecule has 0 bridgehead atoms. The number of nitrogens with two attached hydrogens (primary N) is 1. The van der Waals surface area contributed by atoms with E-state index in [2.05, 4.69) is 30.1 Å². The molecule has 0 spiro atoms. The maximum atomic E-state index is 6.33. The number of hydrogen-bond acceptors (Lipinski definition) is 3. The second-order valence-corrected chi connectivity index (χ2v) is 5.76. The third-order valence-electron chi connectivity index (χ3n) is 3.88. The van der Waals surface area contributed by atoms with Crippen LogP contribution in [0.2, 0.25) is 0 Å². The Morgan fingerprint density at radius 1 is 1.00 bits per heavy atom. The first-order chi connectivity index (χ1) is 9.69. The summed E-state index contributed by atoms with van der Waals surface area (Å²) in [5, 5.41) is 8.39. The first kappa shape index (κ1) is 17.1. The van der Waals surface area contributed by atoms with Crippen LogP contribution in [-0.2, 0) is 6.42 Å². The summed E-state index contributed by atoms with van der Waals surface area (Å²) in [7, 11) is 0. The summed E-state index contributed by atoms with van der Waals surface area (Å²) < 4.78 is 0. The summed E-state index contributed by atoms with van der Waals surface area (Å²) in [6.45, 7) is 6.36. The van der Waals surface area contributed by atoms with Crippen LogP contribution in [0.5, 0.6) is 0 Å². The van der Waals surface area contributed by atoms with E-state index in [9.17, 15) is 0 Å². The molecule has 2 N–H and O–H groups in total. The minimum absolute atomic E-state index is 0.120. The molecule has 1 unspecified atom stereocenters. The molecule has 0 amide bonds. The van der Waals surface area contributed by atoms with Crippen molar-refractivity contribution in [3.05, 3.63) is 23.0 Å². The van der Waals surface area contributed by atoms with Crippen molar-refractivity contribution in [2.75, 3.05) is 0 Å². The molecule has 1 aromatic rings. The lowest BCUT2D eigenvalue weighted by molar-refractivity contribution is 0.537. The molecular weight excluding hydrogens is 246 g/mol. The van der Waals surface area contributed by atoms with Crippen LogP contribution in [0.3, 0.4) is 0 Å². The predicted octanol–water partition coefficient (Wildman–Crippen LogP) is 4.49. The number of hydrogen-bond donors (Lipinski definition) is 1. The lowest BCUT2D eigenvalue weighted by Gasteiger charge is -2.15. The highest BCUT2D eigenvalue weighted by molar-refractivity contribution is 5.24. The minimum Gasteiger partial charge on any atom is -0.324 e. The zero-order chi connectivity index (χ0) is 14.8. The van der Waals surface area contributed by atoms with Gasteiger partial charge in [0.25, 0.3) is 0 Å². The Morgan fingerprint density at radius 2 is 1.65 bits per heavy atom. The number of aryl methyl sites for hydroxylation is 2. The van der Waals surface area contributed by atoms with Crippen molar-refractivity contribution in [1.29, 1.82) is 0 Å². The van der Waals surface area contributed by atoms with E-state index in [1.807, 2.05) is 6.92 Å². The van der Waals surface area contributed by atoms with Crippen LogP contribution in [0.25, 0.3) is 0 Å². The van der Waals surface area contributed by atoms with Crippen molar-refractivity contribution < 1.29 is 0 Å². The van der Waals surface area contributed by atoms with Gasteiger partial charge in [-0.15, -0.1) is 0 Å². The van der Waals surface area contributed by atoms with E-state index in [4.69, 9.17) is 5.73 Å². The summed E-state index contributed by atoms with van der Waals surface area (Å²) >= 11 is 0. The van der Waals surface area contributed by atoms with E-state index in [-0.39, 0.29) is 6.04 Å². The van der Waals surface area contributed by atoms with E-state index < -0.39 is 0 Å². The van der Waals surface area contributed by atoms with Gasteiger partial charge in [0.2, 0.25) is 0 Å². The fourth-order valence-corrected chi connectivity index (χ4v) is 2.61. The molecule has 20 heavy (non-hydrogen) atoms. The number of nitrogens with zero attached hydrogens (tertiary/aromatic N) is 2. The van der Waals surface area contributed by atoms with Crippen LogP contribution in [0.15, 0.2) is 6.07 Å². The van der Waals surface area contributed by atoms with Gasteiger partial charge in [0.05, 0.1) is 11.4 Å². The van der Waals surface area contributed by atoms with Crippen LogP contribution in [0.4, 0.5) is 0 Å². The highest BCUT2D eigenvalue weighted by atomic mass is 15.1. The van der Waals surface area contributed by atoms with E-state index in [0.29, 0.717) is 0 Å². The average molecular weight is 277 g/mol. The summed E-state index contributed by atoms with van der Waals surface area (Å²) in [5.41, 5.74) is 9.56. The monoisotopic (exact) mass is 277 g/mol. The summed E-state index contributed by atoms with van der Waals surface area (Å²) in [5.74, 6) is 0. The highest BCUT2D eigenvalue weighted by Gasteiger charge is 2.12. The third kappa shape index (κ3) is 6.00. The molecule has 0 saturated heterocycles. The zero-order valence-corrected chi connectivity index (χ0v) is 13.5. The van der Waals surface area contributed by atoms with E-state index in [0.717, 1.165) is 24.2 Å². The molecule has 3 nitrogen and oxygen atoms in total. The van der Waals surface area contributed by atoms with Gasteiger partial charge >= 0.3 is 0 Å². The Hall–Kier alpha value is -0.960. The average Bonchev–Trinajstić information content (AvgIpc) is 2.46. The third-order valence-corrected chi connectivity index (χ3v) is 3.88. The topological polar surface area (TPSA) is 51.8 Å². The Bertz CT molecular complexity index is 376. The van der Waals surface area contributed by atoms with Gasteiger partial charge in [-0.3, -0.25) is 0 Å². The molecular formula is C17H31N3. The fraction of sp³-hybridized carbons (Fsp3) is 0.765. The lowest BCUT2D eigenvalue weighted by Crippen LogP contribution is -2.14. The quantitative estimate of drug-likeness (QED) is 0.641.